The highest BCUT2D eigenvalue weighted by atomic mass is 35.5. The van der Waals surface area contributed by atoms with Gasteiger partial charge in [-0.25, -0.2) is 0 Å². The molecule has 1 saturated carbocycles. The largest absolute Gasteiger partial charge is 0.455 e. The summed E-state index contributed by atoms with van der Waals surface area (Å²) in [6.07, 6.45) is 1.42. The predicted molar refractivity (Wildman–Crippen MR) is 93.4 cm³/mol. The topological polar surface area (TPSA) is 55.4 Å². The van der Waals surface area contributed by atoms with E-state index in [2.05, 4.69) is 5.32 Å². The van der Waals surface area contributed by atoms with E-state index in [0.29, 0.717) is 28.6 Å². The molecule has 1 fully saturated rings. The van der Waals surface area contributed by atoms with Crippen LogP contribution < -0.4 is 5.32 Å². The molecule has 0 aliphatic heterocycles. The summed E-state index contributed by atoms with van der Waals surface area (Å²) < 4.78 is 5.20. The molecular weight excluding hydrogens is 349 g/mol. The first-order chi connectivity index (χ1) is 11.5. The van der Waals surface area contributed by atoms with Crippen molar-refractivity contribution < 1.29 is 14.3 Å². The number of nitrogens with one attached hydrogen (secondary N) is 1. The lowest BCUT2D eigenvalue weighted by Gasteiger charge is -2.15. The molecule has 1 amide bonds. The van der Waals surface area contributed by atoms with Crippen molar-refractivity contribution in [2.45, 2.75) is 18.3 Å². The van der Waals surface area contributed by atoms with Crippen LogP contribution in [-0.4, -0.2) is 18.5 Å². The number of benzene rings is 2. The smallest absolute Gasteiger partial charge is 0.317 e. The second kappa shape index (κ2) is 6.83. The summed E-state index contributed by atoms with van der Waals surface area (Å²) in [5, 5.41) is 3.77. The Balaban J connectivity index is 1.57. The molecule has 2 aromatic carbocycles. The van der Waals surface area contributed by atoms with Crippen LogP contribution in [0.4, 0.5) is 5.69 Å². The van der Waals surface area contributed by atoms with Crippen molar-refractivity contribution in [2.24, 2.45) is 0 Å². The average molecular weight is 364 g/mol. The molecule has 0 aromatic heterocycles. The fraction of sp³-hybridized carbons (Fsp3) is 0.222. The molecule has 1 aliphatic rings. The summed E-state index contributed by atoms with van der Waals surface area (Å²) in [6.45, 7) is -0.333. The minimum atomic E-state index is -0.638. The molecular formula is C18H15Cl2NO3. The molecule has 0 bridgehead atoms. The van der Waals surface area contributed by atoms with E-state index in [9.17, 15) is 9.59 Å². The van der Waals surface area contributed by atoms with Gasteiger partial charge >= 0.3 is 5.97 Å². The van der Waals surface area contributed by atoms with Gasteiger partial charge in [0.05, 0.1) is 5.41 Å². The monoisotopic (exact) mass is 363 g/mol. The second-order valence-corrected chi connectivity index (χ2v) is 6.60. The number of carbonyl (C=O) groups is 2. The van der Waals surface area contributed by atoms with Crippen molar-refractivity contribution in [3.05, 3.63) is 64.1 Å². The van der Waals surface area contributed by atoms with Crippen molar-refractivity contribution in [3.8, 4) is 0 Å². The maximum atomic E-state index is 12.4. The molecule has 0 spiro atoms. The summed E-state index contributed by atoms with van der Waals surface area (Å²) >= 11 is 11.7. The van der Waals surface area contributed by atoms with Crippen LogP contribution in [0, 0.1) is 0 Å². The lowest BCUT2D eigenvalue weighted by molar-refractivity contribution is -0.150. The first kappa shape index (κ1) is 16.8. The van der Waals surface area contributed by atoms with Crippen LogP contribution in [0.2, 0.25) is 10.0 Å². The van der Waals surface area contributed by atoms with E-state index in [0.717, 1.165) is 5.56 Å². The predicted octanol–water partition coefficient (Wildman–Crippen LogP) is 4.21. The van der Waals surface area contributed by atoms with Crippen molar-refractivity contribution in [3.63, 3.8) is 0 Å². The lowest BCUT2D eigenvalue weighted by Crippen LogP contribution is -2.28. The number of hydrogen-bond donors (Lipinski definition) is 1. The molecule has 124 valence electrons. The summed E-state index contributed by atoms with van der Waals surface area (Å²) in [6, 6.07) is 13.9. The van der Waals surface area contributed by atoms with Crippen LogP contribution in [0.3, 0.4) is 0 Å². The Bertz CT molecular complexity index is 770. The van der Waals surface area contributed by atoms with E-state index in [1.807, 2.05) is 12.1 Å². The first-order valence-electron chi connectivity index (χ1n) is 7.48. The van der Waals surface area contributed by atoms with Gasteiger partial charge in [0.15, 0.2) is 6.61 Å². The molecule has 0 atom stereocenters. The number of rotatable bonds is 5. The van der Waals surface area contributed by atoms with E-state index in [-0.39, 0.29) is 12.6 Å². The zero-order chi connectivity index (χ0) is 17.2. The molecule has 2 aromatic rings. The maximum Gasteiger partial charge on any atom is 0.317 e. The molecule has 1 N–H and O–H groups in total. The van der Waals surface area contributed by atoms with Crippen LogP contribution in [-0.2, 0) is 19.7 Å². The first-order valence-corrected chi connectivity index (χ1v) is 8.24. The maximum absolute atomic E-state index is 12.4. The van der Waals surface area contributed by atoms with Crippen molar-refractivity contribution in [2.75, 3.05) is 11.9 Å². The Kier molecular flexibility index (Phi) is 4.78. The Labute approximate surface area is 149 Å². The quantitative estimate of drug-likeness (QED) is 0.809. The zero-order valence-electron chi connectivity index (χ0n) is 12.7. The number of hydrogen-bond acceptors (Lipinski definition) is 3. The van der Waals surface area contributed by atoms with Crippen LogP contribution in [0.15, 0.2) is 48.5 Å². The fourth-order valence-electron chi connectivity index (χ4n) is 2.54. The average Bonchev–Trinajstić information content (AvgIpc) is 3.35. The molecule has 6 heteroatoms. The van der Waals surface area contributed by atoms with E-state index in [4.69, 9.17) is 27.9 Å². The Morgan fingerprint density at radius 3 is 2.38 bits per heavy atom. The normalized spacial score (nSPS) is 14.8. The van der Waals surface area contributed by atoms with E-state index < -0.39 is 11.3 Å². The lowest BCUT2D eigenvalue weighted by atomic mass is 9.96. The summed E-state index contributed by atoms with van der Waals surface area (Å²) in [7, 11) is 0. The highest BCUT2D eigenvalue weighted by Crippen LogP contribution is 2.49. The van der Waals surface area contributed by atoms with Gasteiger partial charge in [-0.2, -0.15) is 0 Å². The SMILES string of the molecule is O=C(COC(=O)C1(c2ccc(Cl)cc2)CC1)Nc1cccc(Cl)c1. The highest BCUT2D eigenvalue weighted by molar-refractivity contribution is 6.31. The van der Waals surface area contributed by atoms with Crippen LogP contribution in [0.5, 0.6) is 0 Å². The summed E-state index contributed by atoms with van der Waals surface area (Å²) in [5.41, 5.74) is 0.788. The molecule has 3 rings (SSSR count). The fourth-order valence-corrected chi connectivity index (χ4v) is 2.85. The third-order valence-electron chi connectivity index (χ3n) is 3.98. The van der Waals surface area contributed by atoms with Gasteiger partial charge in [-0.15, -0.1) is 0 Å². The second-order valence-electron chi connectivity index (χ2n) is 5.72. The van der Waals surface area contributed by atoms with Gasteiger partial charge in [0.2, 0.25) is 0 Å². The molecule has 1 aliphatic carbocycles. The Morgan fingerprint density at radius 1 is 1.04 bits per heavy atom. The molecule has 0 unspecified atom stereocenters. The molecule has 0 heterocycles. The van der Waals surface area contributed by atoms with Gasteiger partial charge in [-0.3, -0.25) is 9.59 Å². The van der Waals surface area contributed by atoms with Gasteiger partial charge < -0.3 is 10.1 Å². The third kappa shape index (κ3) is 3.71. The summed E-state index contributed by atoms with van der Waals surface area (Å²) in [5.74, 6) is -0.788. The van der Waals surface area contributed by atoms with Gasteiger partial charge in [-0.05, 0) is 48.7 Å². The Hall–Kier alpha value is -2.04. The summed E-state index contributed by atoms with van der Waals surface area (Å²) in [4.78, 5) is 24.3. The van der Waals surface area contributed by atoms with Crippen molar-refractivity contribution in [1.82, 2.24) is 0 Å². The third-order valence-corrected chi connectivity index (χ3v) is 4.47. The van der Waals surface area contributed by atoms with E-state index >= 15 is 0 Å². The van der Waals surface area contributed by atoms with Crippen LogP contribution in [0.25, 0.3) is 0 Å². The van der Waals surface area contributed by atoms with Gasteiger partial charge in [0.25, 0.3) is 5.91 Å². The number of ether oxygens (including phenoxy) is 1. The molecule has 0 radical (unpaired) electrons. The minimum Gasteiger partial charge on any atom is -0.455 e. The highest BCUT2D eigenvalue weighted by Gasteiger charge is 2.52. The Morgan fingerprint density at radius 2 is 1.75 bits per heavy atom. The van der Waals surface area contributed by atoms with Gasteiger partial charge in [0, 0.05) is 15.7 Å². The van der Waals surface area contributed by atoms with E-state index in [1.54, 1.807) is 36.4 Å². The molecule has 4 nitrogen and oxygen atoms in total. The number of amides is 1. The molecule has 24 heavy (non-hydrogen) atoms. The standard InChI is InChI=1S/C18H15Cl2NO3/c19-13-6-4-12(5-7-13)18(8-9-18)17(23)24-11-16(22)21-15-3-1-2-14(20)10-15/h1-7,10H,8-9,11H2,(H,21,22). The van der Waals surface area contributed by atoms with Crippen molar-refractivity contribution >= 4 is 40.8 Å². The van der Waals surface area contributed by atoms with Crippen LogP contribution in [0.1, 0.15) is 18.4 Å². The van der Waals surface area contributed by atoms with Crippen molar-refractivity contribution in [1.29, 1.82) is 0 Å². The number of halogens is 2. The van der Waals surface area contributed by atoms with E-state index in [1.165, 1.54) is 0 Å². The number of carbonyl (C=O) groups excluding carboxylic acids is 2. The molecule has 0 saturated heterocycles. The number of anilines is 1. The number of esters is 1. The van der Waals surface area contributed by atoms with Gasteiger partial charge in [0.1, 0.15) is 0 Å². The van der Waals surface area contributed by atoms with Gasteiger partial charge in [-0.1, -0.05) is 41.4 Å². The minimum absolute atomic E-state index is 0.333. The van der Waals surface area contributed by atoms with Crippen LogP contribution >= 0.6 is 23.2 Å². The zero-order valence-corrected chi connectivity index (χ0v) is 14.2.